The van der Waals surface area contributed by atoms with Gasteiger partial charge in [-0.25, -0.2) is 4.79 Å². The van der Waals surface area contributed by atoms with Crippen LogP contribution < -0.4 is 5.32 Å². The number of ketones is 1. The van der Waals surface area contributed by atoms with Gasteiger partial charge in [0.25, 0.3) is 5.91 Å². The maximum atomic E-state index is 13.1. The van der Waals surface area contributed by atoms with Gasteiger partial charge in [0, 0.05) is 46.2 Å². The van der Waals surface area contributed by atoms with Crippen LogP contribution in [0.2, 0.25) is 10.0 Å². The Labute approximate surface area is 184 Å². The summed E-state index contributed by atoms with van der Waals surface area (Å²) < 4.78 is 7.08. The van der Waals surface area contributed by atoms with E-state index in [2.05, 4.69) is 5.32 Å². The Balaban J connectivity index is 1.85. The molecule has 1 aromatic heterocycles. The number of urea groups is 1. The van der Waals surface area contributed by atoms with E-state index in [4.69, 9.17) is 27.9 Å². The number of methoxy groups -OCH3 is 1. The topological polar surface area (TPSA) is 80.6 Å². The van der Waals surface area contributed by atoms with Crippen LogP contribution in [0, 0.1) is 13.8 Å². The largest absolute Gasteiger partial charge is 0.383 e. The lowest BCUT2D eigenvalue weighted by Gasteiger charge is -2.23. The summed E-state index contributed by atoms with van der Waals surface area (Å²) in [5.41, 5.74) is 1.18. The Morgan fingerprint density at radius 3 is 2.53 bits per heavy atom. The van der Waals surface area contributed by atoms with E-state index in [9.17, 15) is 14.4 Å². The van der Waals surface area contributed by atoms with Gasteiger partial charge in [0.05, 0.1) is 13.2 Å². The first kappa shape index (κ1) is 22.3. The number of rotatable bonds is 7. The lowest BCUT2D eigenvalue weighted by Crippen LogP contribution is -2.41. The van der Waals surface area contributed by atoms with Crippen molar-refractivity contribution in [1.82, 2.24) is 14.8 Å². The maximum absolute atomic E-state index is 13.1. The average molecular weight is 452 g/mol. The van der Waals surface area contributed by atoms with Gasteiger partial charge in [-0.1, -0.05) is 29.3 Å². The van der Waals surface area contributed by atoms with Gasteiger partial charge in [-0.2, -0.15) is 0 Å². The molecule has 2 aromatic rings. The molecule has 2 heterocycles. The van der Waals surface area contributed by atoms with E-state index in [0.717, 1.165) is 16.3 Å². The quantitative estimate of drug-likeness (QED) is 0.513. The molecule has 1 saturated heterocycles. The molecule has 1 N–H and O–H groups in total. The molecule has 1 aromatic carbocycles. The third-order valence-corrected chi connectivity index (χ3v) is 5.99. The smallest absolute Gasteiger partial charge is 0.325 e. The molecule has 0 radical (unpaired) electrons. The molecule has 0 spiro atoms. The normalized spacial score (nSPS) is 18.8. The molecular weight excluding hydrogens is 429 g/mol. The summed E-state index contributed by atoms with van der Waals surface area (Å²) in [6.45, 7) is 6.05. The molecule has 1 aliphatic rings. The highest BCUT2D eigenvalue weighted by Crippen LogP contribution is 2.35. The summed E-state index contributed by atoms with van der Waals surface area (Å²) in [6, 6.07) is 5.82. The molecule has 0 bridgehead atoms. The summed E-state index contributed by atoms with van der Waals surface area (Å²) >= 11 is 12.2. The van der Waals surface area contributed by atoms with Crippen molar-refractivity contribution in [2.75, 3.05) is 20.3 Å². The summed E-state index contributed by atoms with van der Waals surface area (Å²) in [7, 11) is 1.61. The molecular formula is C21H23Cl2N3O4. The summed E-state index contributed by atoms with van der Waals surface area (Å²) in [5, 5.41) is 3.33. The molecule has 160 valence electrons. The second-order valence-electron chi connectivity index (χ2n) is 7.42. The van der Waals surface area contributed by atoms with Crippen LogP contribution in [-0.2, 0) is 21.6 Å². The van der Waals surface area contributed by atoms with E-state index in [1.807, 2.05) is 18.4 Å². The molecule has 0 unspecified atom stereocenters. The number of Topliss-reactive ketones (excluding diaryl/α,β-unsaturated/α-hetero) is 1. The SMILES string of the molecule is COCCn1c(C)cc(C(=O)CN2C(=O)N[C@](C)(c3ccc(Cl)cc3Cl)C2=O)c1C. The van der Waals surface area contributed by atoms with Gasteiger partial charge in [0.15, 0.2) is 5.78 Å². The fourth-order valence-corrected chi connectivity index (χ4v) is 4.35. The van der Waals surface area contributed by atoms with Crippen molar-refractivity contribution in [2.45, 2.75) is 32.9 Å². The third-order valence-electron chi connectivity index (χ3n) is 5.44. The van der Waals surface area contributed by atoms with E-state index >= 15 is 0 Å². The third kappa shape index (κ3) is 3.85. The van der Waals surface area contributed by atoms with Crippen LogP contribution in [0.15, 0.2) is 24.3 Å². The van der Waals surface area contributed by atoms with Gasteiger partial charge in [0.2, 0.25) is 0 Å². The van der Waals surface area contributed by atoms with E-state index in [-0.39, 0.29) is 17.4 Å². The molecule has 30 heavy (non-hydrogen) atoms. The van der Waals surface area contributed by atoms with Crippen LogP contribution >= 0.6 is 23.2 Å². The minimum absolute atomic E-state index is 0.258. The summed E-state index contributed by atoms with van der Waals surface area (Å²) in [5.74, 6) is -0.861. The zero-order chi connectivity index (χ0) is 22.2. The van der Waals surface area contributed by atoms with Gasteiger partial charge >= 0.3 is 6.03 Å². The summed E-state index contributed by atoms with van der Waals surface area (Å²) in [6.07, 6.45) is 0. The van der Waals surface area contributed by atoms with Gasteiger partial charge in [-0.3, -0.25) is 14.5 Å². The van der Waals surface area contributed by atoms with E-state index in [0.29, 0.717) is 29.3 Å². The van der Waals surface area contributed by atoms with Crippen LogP contribution in [0.4, 0.5) is 4.79 Å². The predicted molar refractivity (Wildman–Crippen MR) is 114 cm³/mol. The minimum atomic E-state index is -1.38. The zero-order valence-electron chi connectivity index (χ0n) is 17.2. The lowest BCUT2D eigenvalue weighted by atomic mass is 9.92. The van der Waals surface area contributed by atoms with Crippen molar-refractivity contribution in [2.24, 2.45) is 0 Å². The Bertz CT molecular complexity index is 1030. The molecule has 3 rings (SSSR count). The minimum Gasteiger partial charge on any atom is -0.383 e. The first-order valence-corrected chi connectivity index (χ1v) is 10.1. The maximum Gasteiger partial charge on any atom is 0.325 e. The highest BCUT2D eigenvalue weighted by Gasteiger charge is 2.50. The number of ether oxygens (including phenoxy) is 1. The second kappa shape index (κ2) is 8.41. The van der Waals surface area contributed by atoms with Crippen LogP contribution in [0.3, 0.4) is 0 Å². The molecule has 3 amide bonds. The van der Waals surface area contributed by atoms with E-state index < -0.39 is 17.5 Å². The highest BCUT2D eigenvalue weighted by molar-refractivity contribution is 6.35. The Morgan fingerprint density at radius 2 is 1.90 bits per heavy atom. The Morgan fingerprint density at radius 1 is 1.20 bits per heavy atom. The standard InChI is InChI=1S/C21H23Cl2N3O4/c1-12-9-15(13(2)25(12)7-8-30-4)18(27)11-26-19(28)21(3,24-20(26)29)16-6-5-14(22)10-17(16)23/h5-6,9-10H,7-8,11H2,1-4H3,(H,24,29)/t21-/m1/s1. The van der Waals surface area contributed by atoms with Gasteiger partial charge in [-0.15, -0.1) is 0 Å². The predicted octanol–water partition coefficient (Wildman–Crippen LogP) is 3.71. The van der Waals surface area contributed by atoms with Crippen molar-refractivity contribution >= 4 is 40.9 Å². The number of aromatic nitrogens is 1. The van der Waals surface area contributed by atoms with Crippen LogP contribution in [-0.4, -0.2) is 47.4 Å². The van der Waals surface area contributed by atoms with Crippen LogP contribution in [0.1, 0.15) is 34.2 Å². The number of aryl methyl sites for hydroxylation is 1. The Hall–Kier alpha value is -2.35. The molecule has 1 aliphatic heterocycles. The van der Waals surface area contributed by atoms with Crippen molar-refractivity contribution in [3.8, 4) is 0 Å². The van der Waals surface area contributed by atoms with Crippen molar-refractivity contribution in [1.29, 1.82) is 0 Å². The molecule has 1 atom stereocenters. The average Bonchev–Trinajstić information content (AvgIpc) is 3.07. The molecule has 7 nitrogen and oxygen atoms in total. The van der Waals surface area contributed by atoms with Crippen LogP contribution in [0.25, 0.3) is 0 Å². The number of amides is 3. The highest BCUT2D eigenvalue weighted by atomic mass is 35.5. The van der Waals surface area contributed by atoms with Crippen molar-refractivity contribution < 1.29 is 19.1 Å². The van der Waals surface area contributed by atoms with E-state index in [1.165, 1.54) is 6.07 Å². The number of halogens is 2. The first-order chi connectivity index (χ1) is 14.1. The lowest BCUT2D eigenvalue weighted by molar-refractivity contribution is -0.130. The molecule has 0 aliphatic carbocycles. The fraction of sp³-hybridized carbons (Fsp3) is 0.381. The Kier molecular flexibility index (Phi) is 6.26. The van der Waals surface area contributed by atoms with Crippen LogP contribution in [0.5, 0.6) is 0 Å². The number of nitrogens with zero attached hydrogens (tertiary/aromatic N) is 2. The van der Waals surface area contributed by atoms with Crippen molar-refractivity contribution in [3.05, 3.63) is 56.8 Å². The van der Waals surface area contributed by atoms with E-state index in [1.54, 1.807) is 32.2 Å². The summed E-state index contributed by atoms with van der Waals surface area (Å²) in [4.78, 5) is 39.6. The molecule has 1 fully saturated rings. The second-order valence-corrected chi connectivity index (χ2v) is 8.27. The molecule has 9 heteroatoms. The van der Waals surface area contributed by atoms with Gasteiger partial charge in [-0.05, 0) is 39.0 Å². The first-order valence-electron chi connectivity index (χ1n) is 9.38. The molecule has 0 saturated carbocycles. The number of hydrogen-bond donors (Lipinski definition) is 1. The number of carbonyl (C=O) groups is 3. The van der Waals surface area contributed by atoms with Crippen molar-refractivity contribution in [3.63, 3.8) is 0 Å². The van der Waals surface area contributed by atoms with Gasteiger partial charge in [0.1, 0.15) is 5.54 Å². The number of benzene rings is 1. The number of carbonyl (C=O) groups excluding carboxylic acids is 3. The fourth-order valence-electron chi connectivity index (χ4n) is 3.76. The number of imide groups is 1. The number of hydrogen-bond acceptors (Lipinski definition) is 4. The van der Waals surface area contributed by atoms with Gasteiger partial charge < -0.3 is 14.6 Å². The number of nitrogens with one attached hydrogen (secondary N) is 1. The zero-order valence-corrected chi connectivity index (χ0v) is 18.7. The monoisotopic (exact) mass is 451 g/mol.